The van der Waals surface area contributed by atoms with Gasteiger partial charge in [-0.15, -0.1) is 0 Å². The first-order valence-corrected chi connectivity index (χ1v) is 11.5. The Labute approximate surface area is 193 Å². The summed E-state index contributed by atoms with van der Waals surface area (Å²) >= 11 is 3.64. The lowest BCUT2D eigenvalue weighted by Crippen LogP contribution is -2.41. The van der Waals surface area contributed by atoms with Crippen LogP contribution < -0.4 is 0 Å². The minimum atomic E-state index is -0.613. The predicted molar refractivity (Wildman–Crippen MR) is 117 cm³/mol. The lowest BCUT2D eigenvalue weighted by Gasteiger charge is -2.37. The van der Waals surface area contributed by atoms with Crippen LogP contribution in [0.25, 0.3) is 0 Å². The summed E-state index contributed by atoms with van der Waals surface area (Å²) in [5.41, 5.74) is 1.52. The van der Waals surface area contributed by atoms with E-state index < -0.39 is 12.0 Å². The fourth-order valence-corrected chi connectivity index (χ4v) is 5.53. The van der Waals surface area contributed by atoms with Crippen molar-refractivity contribution in [2.24, 2.45) is 5.92 Å². The highest BCUT2D eigenvalue weighted by Crippen LogP contribution is 2.47. The van der Waals surface area contributed by atoms with E-state index in [1.54, 1.807) is 47.6 Å². The van der Waals surface area contributed by atoms with Crippen molar-refractivity contribution in [2.45, 2.75) is 42.8 Å². The van der Waals surface area contributed by atoms with Gasteiger partial charge in [0.25, 0.3) is 5.91 Å². The van der Waals surface area contributed by atoms with Crippen molar-refractivity contribution in [2.75, 3.05) is 7.11 Å². The molecule has 4 atom stereocenters. The number of ether oxygens (including phenoxy) is 2. The van der Waals surface area contributed by atoms with Crippen LogP contribution >= 0.6 is 15.9 Å². The number of fused-ring (bicyclic) bond motifs is 1. The number of amides is 1. The van der Waals surface area contributed by atoms with Gasteiger partial charge in [-0.1, -0.05) is 28.1 Å². The molecule has 166 valence electrons. The molecule has 1 aromatic heterocycles. The van der Waals surface area contributed by atoms with E-state index in [0.29, 0.717) is 23.3 Å². The zero-order valence-electron chi connectivity index (χ0n) is 17.5. The van der Waals surface area contributed by atoms with Crippen LogP contribution in [0.15, 0.2) is 58.4 Å². The third kappa shape index (κ3) is 3.46. The van der Waals surface area contributed by atoms with Gasteiger partial charge in [-0.2, -0.15) is 0 Å². The Morgan fingerprint density at radius 3 is 2.66 bits per heavy atom. The van der Waals surface area contributed by atoms with Crippen LogP contribution in [0.4, 0.5) is 0 Å². The van der Waals surface area contributed by atoms with Crippen molar-refractivity contribution in [3.8, 4) is 0 Å². The Morgan fingerprint density at radius 2 is 1.97 bits per heavy atom. The van der Waals surface area contributed by atoms with Crippen molar-refractivity contribution in [1.82, 2.24) is 4.90 Å². The van der Waals surface area contributed by atoms with Gasteiger partial charge in [-0.3, -0.25) is 9.59 Å². The Morgan fingerprint density at radius 1 is 1.19 bits per heavy atom. The number of alkyl halides is 1. The molecular formula is C24H22BrNO6. The molecule has 8 heteroatoms. The van der Waals surface area contributed by atoms with E-state index in [0.717, 1.165) is 18.4 Å². The van der Waals surface area contributed by atoms with Gasteiger partial charge >= 0.3 is 5.97 Å². The maximum absolute atomic E-state index is 13.7. The van der Waals surface area contributed by atoms with Crippen LogP contribution in [-0.4, -0.2) is 40.6 Å². The van der Waals surface area contributed by atoms with Crippen molar-refractivity contribution in [1.29, 1.82) is 0 Å². The first-order chi connectivity index (χ1) is 15.5. The highest BCUT2D eigenvalue weighted by Gasteiger charge is 2.52. The zero-order valence-corrected chi connectivity index (χ0v) is 19.0. The van der Waals surface area contributed by atoms with Gasteiger partial charge in [-0.05, 0) is 49.1 Å². The second-order valence-electron chi connectivity index (χ2n) is 8.31. The quantitative estimate of drug-likeness (QED) is 0.467. The molecule has 1 amide bonds. The number of carbonyl (C=O) groups excluding carboxylic acids is 3. The second-order valence-corrected chi connectivity index (χ2v) is 9.60. The highest BCUT2D eigenvalue weighted by molar-refractivity contribution is 9.09. The molecule has 3 heterocycles. The average Bonchev–Trinajstić information content (AvgIpc) is 3.41. The molecule has 0 N–H and O–H groups in total. The van der Waals surface area contributed by atoms with E-state index in [4.69, 9.17) is 13.9 Å². The molecule has 5 rings (SSSR count). The summed E-state index contributed by atoms with van der Waals surface area (Å²) in [4.78, 5) is 40.8. The Hall–Kier alpha value is -2.87. The van der Waals surface area contributed by atoms with Gasteiger partial charge in [-0.25, -0.2) is 4.79 Å². The van der Waals surface area contributed by atoms with Crippen LogP contribution in [-0.2, 0) is 25.6 Å². The van der Waals surface area contributed by atoms with Crippen LogP contribution in [0, 0.1) is 5.92 Å². The molecule has 3 aliphatic rings. The lowest BCUT2D eigenvalue weighted by molar-refractivity contribution is -0.135. The standard InChI is InChI=1S/C24H22BrNO6/c1-30-24(29)14-6-4-13(5-7-14)20-19-21(27)17-11-15(25)8-9-18(17)32-22(19)23(28)26(20)12-16-3-2-10-31-16/h2-7,10,15,17-18,20H,8-9,11-12H2,1H3. The molecule has 1 fully saturated rings. The first-order valence-electron chi connectivity index (χ1n) is 10.6. The van der Waals surface area contributed by atoms with E-state index in [1.807, 2.05) is 0 Å². The van der Waals surface area contributed by atoms with Gasteiger partial charge in [0.15, 0.2) is 11.5 Å². The first kappa shape index (κ1) is 21.0. The number of furan rings is 1. The molecule has 0 saturated heterocycles. The molecule has 1 aromatic carbocycles. The number of halogens is 1. The maximum Gasteiger partial charge on any atom is 0.337 e. The summed E-state index contributed by atoms with van der Waals surface area (Å²) in [7, 11) is 1.32. The molecule has 7 nitrogen and oxygen atoms in total. The van der Waals surface area contributed by atoms with E-state index in [9.17, 15) is 14.4 Å². The van der Waals surface area contributed by atoms with E-state index in [1.165, 1.54) is 7.11 Å². The third-order valence-electron chi connectivity index (χ3n) is 6.43. The summed E-state index contributed by atoms with van der Waals surface area (Å²) in [6.45, 7) is 0.204. The van der Waals surface area contributed by atoms with Crippen LogP contribution in [0.3, 0.4) is 0 Å². The molecule has 1 aliphatic carbocycles. The highest BCUT2D eigenvalue weighted by atomic mass is 79.9. The molecule has 32 heavy (non-hydrogen) atoms. The largest absolute Gasteiger partial charge is 0.483 e. The smallest absolute Gasteiger partial charge is 0.337 e. The zero-order chi connectivity index (χ0) is 22.4. The topological polar surface area (TPSA) is 86.0 Å². The molecule has 2 aromatic rings. The molecule has 1 saturated carbocycles. The number of hydrogen-bond donors (Lipinski definition) is 0. The van der Waals surface area contributed by atoms with E-state index in [2.05, 4.69) is 15.9 Å². The predicted octanol–water partition coefficient (Wildman–Crippen LogP) is 3.94. The van der Waals surface area contributed by atoms with Crippen LogP contribution in [0.2, 0.25) is 0 Å². The number of benzene rings is 1. The summed E-state index contributed by atoms with van der Waals surface area (Å²) in [5.74, 6) is -0.307. The fourth-order valence-electron chi connectivity index (χ4n) is 4.86. The Balaban J connectivity index is 1.56. The summed E-state index contributed by atoms with van der Waals surface area (Å²) < 4.78 is 16.4. The van der Waals surface area contributed by atoms with Gasteiger partial charge in [0.1, 0.15) is 11.9 Å². The number of esters is 1. The Bertz CT molecular complexity index is 1090. The minimum Gasteiger partial charge on any atom is -0.483 e. The maximum atomic E-state index is 13.7. The van der Waals surface area contributed by atoms with E-state index in [-0.39, 0.29) is 40.8 Å². The molecule has 2 aliphatic heterocycles. The normalized spacial score (nSPS) is 27.1. The summed E-state index contributed by atoms with van der Waals surface area (Å²) in [6.07, 6.45) is 3.59. The number of rotatable bonds is 4. The number of methoxy groups -OCH3 is 1. The summed E-state index contributed by atoms with van der Waals surface area (Å²) in [6, 6.07) is 9.72. The SMILES string of the molecule is COC(=O)c1ccc(C2C3=C(OC4CCC(Br)CC4C3=O)C(=O)N2Cc2ccco2)cc1. The Kier molecular flexibility index (Phi) is 5.41. The average molecular weight is 500 g/mol. The van der Waals surface area contributed by atoms with Crippen LogP contribution in [0.1, 0.15) is 47.0 Å². The number of carbonyl (C=O) groups is 3. The lowest BCUT2D eigenvalue weighted by atomic mass is 9.77. The molecular weight excluding hydrogens is 478 g/mol. The number of nitrogens with zero attached hydrogens (tertiary/aromatic N) is 1. The van der Waals surface area contributed by atoms with Crippen LogP contribution in [0.5, 0.6) is 0 Å². The van der Waals surface area contributed by atoms with Crippen molar-refractivity contribution in [3.05, 3.63) is 70.9 Å². The number of Topliss-reactive ketones (excluding diaryl/α,β-unsaturated/α-hetero) is 1. The molecule has 0 bridgehead atoms. The van der Waals surface area contributed by atoms with E-state index >= 15 is 0 Å². The van der Waals surface area contributed by atoms with Gasteiger partial charge in [0, 0.05) is 4.83 Å². The molecule has 4 unspecified atom stereocenters. The molecule has 0 radical (unpaired) electrons. The van der Waals surface area contributed by atoms with Gasteiger partial charge in [0.2, 0.25) is 0 Å². The summed E-state index contributed by atoms with van der Waals surface area (Å²) in [5, 5.41) is 0. The minimum absolute atomic E-state index is 0.0299. The van der Waals surface area contributed by atoms with Crippen molar-refractivity contribution >= 4 is 33.6 Å². The van der Waals surface area contributed by atoms with Crippen molar-refractivity contribution in [3.63, 3.8) is 0 Å². The number of hydrogen-bond acceptors (Lipinski definition) is 6. The molecule has 0 spiro atoms. The third-order valence-corrected chi connectivity index (χ3v) is 7.26. The van der Waals surface area contributed by atoms with Gasteiger partial charge in [0.05, 0.1) is 43.0 Å². The number of ketones is 1. The monoisotopic (exact) mass is 499 g/mol. The van der Waals surface area contributed by atoms with Crippen molar-refractivity contribution < 1.29 is 28.3 Å². The van der Waals surface area contributed by atoms with Gasteiger partial charge < -0.3 is 18.8 Å². The fraction of sp³-hybridized carbons (Fsp3) is 0.375. The second kappa shape index (κ2) is 8.24.